The van der Waals surface area contributed by atoms with Gasteiger partial charge in [0, 0.05) is 18.4 Å². The van der Waals surface area contributed by atoms with Crippen molar-refractivity contribution in [3.63, 3.8) is 0 Å². The Morgan fingerprint density at radius 1 is 1.55 bits per heavy atom. The highest BCUT2D eigenvalue weighted by atomic mass is 32.2. The van der Waals surface area contributed by atoms with Crippen LogP contribution in [0.25, 0.3) is 0 Å². The summed E-state index contributed by atoms with van der Waals surface area (Å²) in [6.07, 6.45) is 5.53. The number of nitrogens with one attached hydrogen (secondary N) is 1. The molecule has 1 aromatic heterocycles. The fourth-order valence-corrected chi connectivity index (χ4v) is 4.08. The number of sulfone groups is 1. The molecule has 1 fully saturated rings. The molecule has 5 nitrogen and oxygen atoms in total. The van der Waals surface area contributed by atoms with Crippen LogP contribution in [0.3, 0.4) is 0 Å². The van der Waals surface area contributed by atoms with Crippen LogP contribution in [0.2, 0.25) is 0 Å². The van der Waals surface area contributed by atoms with E-state index in [1.54, 1.807) is 6.26 Å². The average molecular weight is 295 g/mol. The van der Waals surface area contributed by atoms with Crippen molar-refractivity contribution >= 4 is 9.84 Å². The molecule has 0 amide bonds. The van der Waals surface area contributed by atoms with E-state index in [4.69, 9.17) is 9.15 Å². The van der Waals surface area contributed by atoms with Gasteiger partial charge in [-0.3, -0.25) is 0 Å². The van der Waals surface area contributed by atoms with E-state index in [0.29, 0.717) is 19.5 Å². The summed E-state index contributed by atoms with van der Waals surface area (Å²) in [5.74, 6) is 0.841. The van der Waals surface area contributed by atoms with Gasteiger partial charge in [-0.1, -0.05) is 18.7 Å². The van der Waals surface area contributed by atoms with Gasteiger partial charge in [0.1, 0.15) is 11.4 Å². The number of rotatable bonds is 6. The van der Waals surface area contributed by atoms with E-state index < -0.39 is 20.7 Å². The molecule has 2 unspecified atom stereocenters. The molecule has 1 aromatic rings. The summed E-state index contributed by atoms with van der Waals surface area (Å²) in [6, 6.07) is 3.72. The average Bonchev–Trinajstić information content (AvgIpc) is 3.13. The first-order chi connectivity index (χ1) is 9.55. The first kappa shape index (κ1) is 13.6. The van der Waals surface area contributed by atoms with Gasteiger partial charge in [0.05, 0.1) is 24.2 Å². The van der Waals surface area contributed by atoms with Crippen LogP contribution in [0, 0.1) is 0 Å². The smallest absolute Gasteiger partial charge is 0.176 e. The third-order valence-corrected chi connectivity index (χ3v) is 5.57. The van der Waals surface area contributed by atoms with Gasteiger partial charge in [0.2, 0.25) is 0 Å². The lowest BCUT2D eigenvalue weighted by molar-refractivity contribution is 0.0325. The van der Waals surface area contributed by atoms with Gasteiger partial charge >= 0.3 is 0 Å². The van der Waals surface area contributed by atoms with Crippen LogP contribution in [0.15, 0.2) is 47.0 Å². The second-order valence-electron chi connectivity index (χ2n) is 5.19. The highest BCUT2D eigenvalue weighted by Gasteiger charge is 2.52. The molecule has 20 heavy (non-hydrogen) atoms. The molecule has 3 heterocycles. The number of fused-ring (bicyclic) bond motifs is 2. The fraction of sp³-hybridized carbons (Fsp3) is 0.429. The van der Waals surface area contributed by atoms with E-state index >= 15 is 0 Å². The lowest BCUT2D eigenvalue weighted by atomic mass is 9.94. The van der Waals surface area contributed by atoms with Crippen LogP contribution in [0.1, 0.15) is 12.2 Å². The summed E-state index contributed by atoms with van der Waals surface area (Å²) >= 11 is 0. The number of hydrogen-bond acceptors (Lipinski definition) is 5. The van der Waals surface area contributed by atoms with Gasteiger partial charge in [-0.25, -0.2) is 8.42 Å². The second-order valence-corrected chi connectivity index (χ2v) is 7.30. The summed E-state index contributed by atoms with van der Waals surface area (Å²) in [7, 11) is -3.29. The molecule has 3 rings (SSSR count). The molecule has 2 bridgehead atoms. The molecular weight excluding hydrogens is 278 g/mol. The summed E-state index contributed by atoms with van der Waals surface area (Å²) < 4.78 is 34.9. The molecule has 2 aliphatic heterocycles. The summed E-state index contributed by atoms with van der Waals surface area (Å²) in [5, 5.41) is 3.76. The zero-order valence-electron chi connectivity index (χ0n) is 11.0. The topological polar surface area (TPSA) is 68.5 Å². The van der Waals surface area contributed by atoms with E-state index in [9.17, 15) is 8.42 Å². The van der Waals surface area contributed by atoms with Gasteiger partial charge < -0.3 is 14.5 Å². The molecule has 0 aromatic carbocycles. The Hall–Kier alpha value is -1.37. The molecule has 0 radical (unpaired) electrons. The highest BCUT2D eigenvalue weighted by molar-refractivity contribution is 7.94. The molecule has 108 valence electrons. The Balaban J connectivity index is 1.63. The lowest BCUT2D eigenvalue weighted by Gasteiger charge is -2.23. The van der Waals surface area contributed by atoms with E-state index in [1.165, 1.54) is 0 Å². The van der Waals surface area contributed by atoms with Crippen LogP contribution in [0.5, 0.6) is 0 Å². The van der Waals surface area contributed by atoms with Crippen LogP contribution >= 0.6 is 0 Å². The molecule has 1 saturated heterocycles. The zero-order valence-corrected chi connectivity index (χ0v) is 11.8. The van der Waals surface area contributed by atoms with Crippen molar-refractivity contribution < 1.29 is 17.6 Å². The van der Waals surface area contributed by atoms with E-state index in [2.05, 4.69) is 11.9 Å². The quantitative estimate of drug-likeness (QED) is 0.803. The predicted octanol–water partition coefficient (Wildman–Crippen LogP) is 1.39. The second kappa shape index (κ2) is 4.87. The normalized spacial score (nSPS) is 31.8. The first-order valence-electron chi connectivity index (χ1n) is 6.51. The SMILES string of the molecule is C=CS(=O)(=O)[C@H]1CC2(CNCc3ccco3)C=CC1O2. The van der Waals surface area contributed by atoms with Crippen LogP contribution < -0.4 is 5.32 Å². The summed E-state index contributed by atoms with van der Waals surface area (Å²) in [6.45, 7) is 4.54. The van der Waals surface area contributed by atoms with Gasteiger partial charge in [-0.15, -0.1) is 0 Å². The van der Waals surface area contributed by atoms with E-state index in [0.717, 1.165) is 11.2 Å². The van der Waals surface area contributed by atoms with Crippen molar-refractivity contribution in [2.45, 2.75) is 29.9 Å². The molecule has 6 heteroatoms. The predicted molar refractivity (Wildman–Crippen MR) is 74.7 cm³/mol. The number of ether oxygens (including phenoxy) is 1. The van der Waals surface area contributed by atoms with Crippen molar-refractivity contribution in [2.24, 2.45) is 0 Å². The summed E-state index contributed by atoms with van der Waals surface area (Å²) in [5.41, 5.74) is -0.530. The first-order valence-corrected chi connectivity index (χ1v) is 8.12. The molecule has 3 atom stereocenters. The van der Waals surface area contributed by atoms with Gasteiger partial charge in [0.25, 0.3) is 0 Å². The minimum atomic E-state index is -3.29. The van der Waals surface area contributed by atoms with Crippen molar-refractivity contribution in [1.82, 2.24) is 5.32 Å². The Morgan fingerprint density at radius 2 is 2.40 bits per heavy atom. The monoisotopic (exact) mass is 295 g/mol. The fourth-order valence-electron chi connectivity index (χ4n) is 2.80. The summed E-state index contributed by atoms with van der Waals surface area (Å²) in [4.78, 5) is 0. The Kier molecular flexibility index (Phi) is 3.32. The standard InChI is InChI=1S/C14H17NO4S/c1-2-20(16,17)13-8-14(6-5-12(13)19-14)10-15-9-11-4-3-7-18-11/h2-7,12-13,15H,1,8-10H2/t12?,13-,14?/m0/s1. The maximum absolute atomic E-state index is 11.9. The molecule has 0 aliphatic carbocycles. The maximum Gasteiger partial charge on any atom is 0.176 e. The number of furan rings is 1. The number of hydrogen-bond donors (Lipinski definition) is 1. The minimum absolute atomic E-state index is 0.358. The molecule has 0 spiro atoms. The van der Waals surface area contributed by atoms with Gasteiger partial charge in [0.15, 0.2) is 9.84 Å². The van der Waals surface area contributed by atoms with Crippen LogP contribution in [0.4, 0.5) is 0 Å². The maximum atomic E-state index is 11.9. The van der Waals surface area contributed by atoms with Crippen molar-refractivity contribution in [1.29, 1.82) is 0 Å². The Labute approximate surface area is 118 Å². The van der Waals surface area contributed by atoms with Crippen molar-refractivity contribution in [2.75, 3.05) is 6.54 Å². The van der Waals surface area contributed by atoms with Crippen LogP contribution in [-0.4, -0.2) is 31.9 Å². The van der Waals surface area contributed by atoms with Crippen molar-refractivity contribution in [3.05, 3.63) is 48.3 Å². The third-order valence-electron chi connectivity index (χ3n) is 3.83. The zero-order chi connectivity index (χ0) is 14.2. The van der Waals surface area contributed by atoms with Gasteiger partial charge in [-0.2, -0.15) is 0 Å². The minimum Gasteiger partial charge on any atom is -0.468 e. The highest BCUT2D eigenvalue weighted by Crippen LogP contribution is 2.41. The van der Waals surface area contributed by atoms with E-state index in [-0.39, 0.29) is 6.10 Å². The largest absolute Gasteiger partial charge is 0.468 e. The molecular formula is C14H17NO4S. The van der Waals surface area contributed by atoms with Gasteiger partial charge in [-0.05, 0) is 12.1 Å². The molecule has 1 N–H and O–H groups in total. The van der Waals surface area contributed by atoms with Crippen molar-refractivity contribution in [3.8, 4) is 0 Å². The molecule has 0 saturated carbocycles. The Morgan fingerprint density at radius 3 is 3.10 bits per heavy atom. The third kappa shape index (κ3) is 2.34. The Bertz CT molecular complexity index is 620. The van der Waals surface area contributed by atoms with Crippen LogP contribution in [-0.2, 0) is 21.1 Å². The molecule has 2 aliphatic rings. The van der Waals surface area contributed by atoms with E-state index in [1.807, 2.05) is 24.3 Å². The lowest BCUT2D eigenvalue weighted by Crippen LogP contribution is -2.38.